The summed E-state index contributed by atoms with van der Waals surface area (Å²) < 4.78 is 13.8. The molecule has 0 bridgehead atoms. The van der Waals surface area contributed by atoms with E-state index in [1.54, 1.807) is 22.6 Å². The van der Waals surface area contributed by atoms with Gasteiger partial charge in [0.05, 0.1) is 8.49 Å². The summed E-state index contributed by atoms with van der Waals surface area (Å²) in [6.07, 6.45) is 7.37. The molecule has 1 saturated carbocycles. The SMILES string of the molecule is O=[N+]([O-])c1cc(I)c(F)cc1NCCCC1CCCC1. The second-order valence-electron chi connectivity index (χ2n) is 5.26. The third-order valence-corrected chi connectivity index (χ3v) is 4.64. The smallest absolute Gasteiger partial charge is 0.293 e. The van der Waals surface area contributed by atoms with Crippen LogP contribution in [-0.4, -0.2) is 11.5 Å². The Kier molecular flexibility index (Phi) is 5.56. The Hall–Kier alpha value is -0.920. The standard InChI is InChI=1S/C14H18FIN2O2/c15-11-8-13(14(18(19)20)9-12(11)16)17-7-3-6-10-4-1-2-5-10/h8-10,17H,1-7H2. The first-order chi connectivity index (χ1) is 9.58. The fraction of sp³-hybridized carbons (Fsp3) is 0.571. The quantitative estimate of drug-likeness (QED) is 0.330. The summed E-state index contributed by atoms with van der Waals surface area (Å²) in [6, 6.07) is 2.49. The van der Waals surface area contributed by atoms with Gasteiger partial charge in [-0.15, -0.1) is 0 Å². The van der Waals surface area contributed by atoms with Crippen LogP contribution in [0.4, 0.5) is 15.8 Å². The maximum atomic E-state index is 13.5. The van der Waals surface area contributed by atoms with Crippen LogP contribution >= 0.6 is 22.6 Å². The highest BCUT2D eigenvalue weighted by Crippen LogP contribution is 2.30. The minimum Gasteiger partial charge on any atom is -0.379 e. The van der Waals surface area contributed by atoms with Crippen LogP contribution in [0.25, 0.3) is 0 Å². The first kappa shape index (κ1) is 15.5. The molecule has 1 fully saturated rings. The van der Waals surface area contributed by atoms with Gasteiger partial charge in [-0.05, 0) is 41.4 Å². The molecular formula is C14H18FIN2O2. The van der Waals surface area contributed by atoms with E-state index >= 15 is 0 Å². The summed E-state index contributed by atoms with van der Waals surface area (Å²) in [5.41, 5.74) is 0.219. The summed E-state index contributed by atoms with van der Waals surface area (Å²) in [7, 11) is 0. The normalized spacial score (nSPS) is 15.5. The van der Waals surface area contributed by atoms with E-state index in [2.05, 4.69) is 5.32 Å². The van der Waals surface area contributed by atoms with Crippen molar-refractivity contribution in [3.8, 4) is 0 Å². The van der Waals surface area contributed by atoms with E-state index in [0.717, 1.165) is 18.8 Å². The highest BCUT2D eigenvalue weighted by molar-refractivity contribution is 14.1. The van der Waals surface area contributed by atoms with Crippen molar-refractivity contribution in [3.63, 3.8) is 0 Å². The molecule has 0 saturated heterocycles. The molecule has 110 valence electrons. The third kappa shape index (κ3) is 4.04. The van der Waals surface area contributed by atoms with Gasteiger partial charge >= 0.3 is 0 Å². The van der Waals surface area contributed by atoms with Crippen molar-refractivity contribution < 1.29 is 9.31 Å². The number of nitro groups is 1. The van der Waals surface area contributed by atoms with Crippen LogP contribution in [0, 0.1) is 25.4 Å². The zero-order valence-electron chi connectivity index (χ0n) is 11.2. The van der Waals surface area contributed by atoms with E-state index in [0.29, 0.717) is 6.54 Å². The second-order valence-corrected chi connectivity index (χ2v) is 6.42. The molecule has 0 unspecified atom stereocenters. The van der Waals surface area contributed by atoms with Gasteiger partial charge in [0.15, 0.2) is 0 Å². The highest BCUT2D eigenvalue weighted by atomic mass is 127. The second kappa shape index (κ2) is 7.19. The fourth-order valence-electron chi connectivity index (χ4n) is 2.74. The Morgan fingerprint density at radius 3 is 2.75 bits per heavy atom. The van der Waals surface area contributed by atoms with Crippen LogP contribution in [-0.2, 0) is 0 Å². The Morgan fingerprint density at radius 1 is 1.40 bits per heavy atom. The molecular weight excluding hydrogens is 374 g/mol. The molecule has 20 heavy (non-hydrogen) atoms. The number of nitrogens with zero attached hydrogens (tertiary/aromatic N) is 1. The molecule has 1 aliphatic carbocycles. The Balaban J connectivity index is 1.90. The fourth-order valence-corrected chi connectivity index (χ4v) is 3.19. The minimum absolute atomic E-state index is 0.0586. The number of hydrogen-bond acceptors (Lipinski definition) is 3. The van der Waals surface area contributed by atoms with Gasteiger partial charge in [-0.2, -0.15) is 0 Å². The van der Waals surface area contributed by atoms with Gasteiger partial charge in [-0.1, -0.05) is 25.7 Å². The van der Waals surface area contributed by atoms with Crippen LogP contribution in [0.5, 0.6) is 0 Å². The van der Waals surface area contributed by atoms with E-state index in [1.807, 2.05) is 0 Å². The number of anilines is 1. The number of hydrogen-bond donors (Lipinski definition) is 1. The average Bonchev–Trinajstić information content (AvgIpc) is 2.91. The van der Waals surface area contributed by atoms with Crippen molar-refractivity contribution in [2.45, 2.75) is 38.5 Å². The van der Waals surface area contributed by atoms with Gasteiger partial charge < -0.3 is 5.32 Å². The molecule has 0 heterocycles. The number of halogens is 2. The average molecular weight is 392 g/mol. The maximum Gasteiger partial charge on any atom is 0.293 e. The molecule has 0 atom stereocenters. The van der Waals surface area contributed by atoms with Crippen LogP contribution < -0.4 is 5.32 Å². The molecule has 0 aliphatic heterocycles. The first-order valence-corrected chi connectivity index (χ1v) is 8.03. The van der Waals surface area contributed by atoms with Gasteiger partial charge in [0.1, 0.15) is 11.5 Å². The van der Waals surface area contributed by atoms with E-state index in [4.69, 9.17) is 0 Å². The molecule has 2 rings (SSSR count). The molecule has 0 radical (unpaired) electrons. The predicted octanol–water partition coefficient (Wildman–Crippen LogP) is 4.72. The lowest BCUT2D eigenvalue weighted by atomic mass is 10.0. The molecule has 1 aliphatic rings. The Labute approximate surface area is 131 Å². The summed E-state index contributed by atoms with van der Waals surface area (Å²) in [4.78, 5) is 10.5. The van der Waals surface area contributed by atoms with Crippen molar-refractivity contribution in [3.05, 3.63) is 31.6 Å². The molecule has 6 heteroatoms. The summed E-state index contributed by atoms with van der Waals surface area (Å²) in [6.45, 7) is 0.650. The molecule has 0 spiro atoms. The first-order valence-electron chi connectivity index (χ1n) is 6.95. The Morgan fingerprint density at radius 2 is 2.10 bits per heavy atom. The van der Waals surface area contributed by atoms with Crippen molar-refractivity contribution in [1.29, 1.82) is 0 Å². The van der Waals surface area contributed by atoms with Crippen LogP contribution in [0.3, 0.4) is 0 Å². The predicted molar refractivity (Wildman–Crippen MR) is 85.5 cm³/mol. The van der Waals surface area contributed by atoms with Crippen molar-refractivity contribution in [1.82, 2.24) is 0 Å². The van der Waals surface area contributed by atoms with Crippen LogP contribution in [0.15, 0.2) is 12.1 Å². The van der Waals surface area contributed by atoms with E-state index in [9.17, 15) is 14.5 Å². The summed E-state index contributed by atoms with van der Waals surface area (Å²) in [5.74, 6) is 0.384. The lowest BCUT2D eigenvalue weighted by Gasteiger charge is -2.10. The van der Waals surface area contributed by atoms with E-state index in [-0.39, 0.29) is 14.9 Å². The van der Waals surface area contributed by atoms with Crippen molar-refractivity contribution >= 4 is 34.0 Å². The van der Waals surface area contributed by atoms with Gasteiger partial charge in [0, 0.05) is 18.7 Å². The number of benzene rings is 1. The number of rotatable bonds is 6. The van der Waals surface area contributed by atoms with E-state index in [1.165, 1.54) is 37.8 Å². The molecule has 4 nitrogen and oxygen atoms in total. The third-order valence-electron chi connectivity index (χ3n) is 3.81. The molecule has 1 aromatic rings. The maximum absolute atomic E-state index is 13.5. The van der Waals surface area contributed by atoms with Gasteiger partial charge in [-0.3, -0.25) is 10.1 Å². The topological polar surface area (TPSA) is 55.2 Å². The lowest BCUT2D eigenvalue weighted by Crippen LogP contribution is -2.07. The summed E-state index contributed by atoms with van der Waals surface area (Å²) >= 11 is 1.76. The number of nitrogens with one attached hydrogen (secondary N) is 1. The van der Waals surface area contributed by atoms with E-state index < -0.39 is 10.7 Å². The molecule has 1 aromatic carbocycles. The minimum atomic E-state index is -0.471. The number of nitro benzene ring substituents is 1. The molecule has 1 N–H and O–H groups in total. The van der Waals surface area contributed by atoms with Crippen LogP contribution in [0.2, 0.25) is 0 Å². The van der Waals surface area contributed by atoms with Crippen molar-refractivity contribution in [2.75, 3.05) is 11.9 Å². The molecule has 0 aromatic heterocycles. The van der Waals surface area contributed by atoms with Crippen LogP contribution in [0.1, 0.15) is 38.5 Å². The monoisotopic (exact) mass is 392 g/mol. The van der Waals surface area contributed by atoms with Crippen molar-refractivity contribution in [2.24, 2.45) is 5.92 Å². The molecule has 0 amide bonds. The van der Waals surface area contributed by atoms with Gasteiger partial charge in [0.2, 0.25) is 0 Å². The van der Waals surface area contributed by atoms with Gasteiger partial charge in [0.25, 0.3) is 5.69 Å². The lowest BCUT2D eigenvalue weighted by molar-refractivity contribution is -0.384. The van der Waals surface area contributed by atoms with Gasteiger partial charge in [-0.25, -0.2) is 4.39 Å². The highest BCUT2D eigenvalue weighted by Gasteiger charge is 2.18. The largest absolute Gasteiger partial charge is 0.379 e. The summed E-state index contributed by atoms with van der Waals surface area (Å²) in [5, 5.41) is 14.0. The zero-order valence-corrected chi connectivity index (χ0v) is 13.4. The zero-order chi connectivity index (χ0) is 14.5. The Bertz CT molecular complexity index is 490.